The van der Waals surface area contributed by atoms with Crippen LogP contribution in [-0.2, 0) is 4.74 Å². The Balaban J connectivity index is 2.30. The van der Waals surface area contributed by atoms with Crippen LogP contribution in [0.15, 0.2) is 12.1 Å². The summed E-state index contributed by atoms with van der Waals surface area (Å²) in [6, 6.07) is 2.78. The van der Waals surface area contributed by atoms with E-state index in [2.05, 4.69) is 23.9 Å². The lowest BCUT2D eigenvalue weighted by atomic mass is 9.87. The van der Waals surface area contributed by atoms with Gasteiger partial charge >= 0.3 is 5.97 Å². The summed E-state index contributed by atoms with van der Waals surface area (Å²) in [6.07, 6.45) is 3.21. The van der Waals surface area contributed by atoms with Gasteiger partial charge in [-0.1, -0.05) is 20.3 Å². The van der Waals surface area contributed by atoms with E-state index in [4.69, 9.17) is 5.73 Å². The Labute approximate surface area is 118 Å². The number of hydrogen-bond acceptors (Lipinski definition) is 4. The van der Waals surface area contributed by atoms with Crippen molar-refractivity contribution in [1.82, 2.24) is 0 Å². The van der Waals surface area contributed by atoms with Crippen molar-refractivity contribution < 1.29 is 13.9 Å². The molecule has 0 heterocycles. The number of hydrogen-bond donors (Lipinski definition) is 2. The van der Waals surface area contributed by atoms with Crippen molar-refractivity contribution in [1.29, 1.82) is 0 Å². The molecular weight excluding hydrogens is 259 g/mol. The summed E-state index contributed by atoms with van der Waals surface area (Å²) in [5.41, 5.74) is 6.35. The van der Waals surface area contributed by atoms with Crippen molar-refractivity contribution >= 4 is 17.3 Å². The van der Waals surface area contributed by atoms with Crippen LogP contribution in [0.4, 0.5) is 15.8 Å². The van der Waals surface area contributed by atoms with Gasteiger partial charge in [0.15, 0.2) is 0 Å². The zero-order valence-electron chi connectivity index (χ0n) is 12.1. The number of ether oxygens (including phenoxy) is 1. The zero-order chi connectivity index (χ0) is 14.9. The monoisotopic (exact) mass is 280 g/mol. The van der Waals surface area contributed by atoms with Crippen LogP contribution < -0.4 is 11.1 Å². The van der Waals surface area contributed by atoms with E-state index in [0.717, 1.165) is 25.3 Å². The second-order valence-electron chi connectivity index (χ2n) is 5.99. The normalized spacial score (nSPS) is 20.7. The van der Waals surface area contributed by atoms with Crippen molar-refractivity contribution in [3.63, 3.8) is 0 Å². The first kappa shape index (κ1) is 14.6. The number of carbonyl (C=O) groups excluding carboxylic acids is 1. The number of nitrogen functional groups attached to an aromatic ring is 1. The Bertz CT molecular complexity index is 529. The van der Waals surface area contributed by atoms with Gasteiger partial charge in [-0.3, -0.25) is 0 Å². The predicted octanol–water partition coefficient (Wildman–Crippen LogP) is 3.19. The topological polar surface area (TPSA) is 64.3 Å². The molecule has 4 nitrogen and oxygen atoms in total. The molecule has 1 aliphatic rings. The van der Waals surface area contributed by atoms with E-state index in [1.165, 1.54) is 13.2 Å². The van der Waals surface area contributed by atoms with E-state index in [1.54, 1.807) is 0 Å². The first-order chi connectivity index (χ1) is 9.35. The smallest absolute Gasteiger partial charge is 0.340 e. The van der Waals surface area contributed by atoms with E-state index in [0.29, 0.717) is 5.69 Å². The van der Waals surface area contributed by atoms with E-state index < -0.39 is 11.8 Å². The lowest BCUT2D eigenvalue weighted by Gasteiger charge is -2.29. The third kappa shape index (κ3) is 2.71. The maximum atomic E-state index is 14.0. The lowest BCUT2D eigenvalue weighted by Crippen LogP contribution is -2.31. The molecule has 1 fully saturated rings. The third-order valence-electron chi connectivity index (χ3n) is 4.13. The van der Waals surface area contributed by atoms with Gasteiger partial charge in [0, 0.05) is 11.7 Å². The van der Waals surface area contributed by atoms with Crippen LogP contribution in [0.1, 0.15) is 43.5 Å². The molecule has 0 radical (unpaired) electrons. The SMILES string of the molecule is COC(=O)c1cc(NC2CCCC2(C)C)c(F)cc1N. The van der Waals surface area contributed by atoms with Gasteiger partial charge in [0.1, 0.15) is 5.82 Å². The van der Waals surface area contributed by atoms with E-state index in [9.17, 15) is 9.18 Å². The van der Waals surface area contributed by atoms with Crippen molar-refractivity contribution in [2.75, 3.05) is 18.2 Å². The summed E-state index contributed by atoms with van der Waals surface area (Å²) in [4.78, 5) is 11.6. The predicted molar refractivity (Wildman–Crippen MR) is 77.2 cm³/mol. The van der Waals surface area contributed by atoms with Gasteiger partial charge in [0.25, 0.3) is 0 Å². The number of halogens is 1. The van der Waals surface area contributed by atoms with Crippen molar-refractivity contribution in [2.24, 2.45) is 5.41 Å². The van der Waals surface area contributed by atoms with Gasteiger partial charge in [-0.15, -0.1) is 0 Å². The highest BCUT2D eigenvalue weighted by Gasteiger charge is 2.34. The fraction of sp³-hybridized carbons (Fsp3) is 0.533. The minimum atomic E-state index is -0.559. The minimum Gasteiger partial charge on any atom is -0.465 e. The van der Waals surface area contributed by atoms with Crippen LogP contribution in [0.5, 0.6) is 0 Å². The number of benzene rings is 1. The Hall–Kier alpha value is -1.78. The Morgan fingerprint density at radius 1 is 1.50 bits per heavy atom. The molecule has 0 aromatic heterocycles. The molecule has 0 saturated heterocycles. The molecule has 110 valence electrons. The van der Waals surface area contributed by atoms with E-state index in [-0.39, 0.29) is 22.7 Å². The van der Waals surface area contributed by atoms with Crippen molar-refractivity contribution in [2.45, 2.75) is 39.2 Å². The van der Waals surface area contributed by atoms with Gasteiger partial charge in [-0.05, 0) is 30.4 Å². The zero-order valence-corrected chi connectivity index (χ0v) is 12.1. The largest absolute Gasteiger partial charge is 0.465 e. The Morgan fingerprint density at radius 2 is 2.20 bits per heavy atom. The molecule has 20 heavy (non-hydrogen) atoms. The first-order valence-corrected chi connectivity index (χ1v) is 6.79. The van der Waals surface area contributed by atoms with Crippen LogP contribution in [0.25, 0.3) is 0 Å². The highest BCUT2D eigenvalue weighted by atomic mass is 19.1. The van der Waals surface area contributed by atoms with Gasteiger partial charge in [-0.25, -0.2) is 9.18 Å². The number of carbonyl (C=O) groups is 1. The Morgan fingerprint density at radius 3 is 2.75 bits per heavy atom. The number of esters is 1. The maximum Gasteiger partial charge on any atom is 0.340 e. The van der Waals surface area contributed by atoms with Gasteiger partial charge in [-0.2, -0.15) is 0 Å². The molecule has 1 atom stereocenters. The average molecular weight is 280 g/mol. The molecule has 2 rings (SSSR count). The van der Waals surface area contributed by atoms with Gasteiger partial charge in [0.2, 0.25) is 0 Å². The second kappa shape index (κ2) is 5.31. The molecule has 0 amide bonds. The fourth-order valence-electron chi connectivity index (χ4n) is 2.77. The number of methoxy groups -OCH3 is 1. The number of nitrogens with one attached hydrogen (secondary N) is 1. The molecular formula is C15H21FN2O2. The molecule has 1 saturated carbocycles. The summed E-state index contributed by atoms with van der Waals surface area (Å²) in [6.45, 7) is 4.32. The molecule has 5 heteroatoms. The van der Waals surface area contributed by atoms with E-state index in [1.807, 2.05) is 0 Å². The van der Waals surface area contributed by atoms with Crippen molar-refractivity contribution in [3.05, 3.63) is 23.5 Å². The summed E-state index contributed by atoms with van der Waals surface area (Å²) < 4.78 is 18.7. The number of anilines is 2. The van der Waals surface area contributed by atoms with Crippen LogP contribution in [0.3, 0.4) is 0 Å². The molecule has 1 aliphatic carbocycles. The van der Waals surface area contributed by atoms with Crippen LogP contribution in [0, 0.1) is 11.2 Å². The van der Waals surface area contributed by atoms with Crippen LogP contribution >= 0.6 is 0 Å². The highest BCUT2D eigenvalue weighted by Crippen LogP contribution is 2.39. The van der Waals surface area contributed by atoms with Crippen LogP contribution in [0.2, 0.25) is 0 Å². The summed E-state index contributed by atoms with van der Waals surface area (Å²) in [5.74, 6) is -1.01. The fourth-order valence-corrected chi connectivity index (χ4v) is 2.77. The van der Waals surface area contributed by atoms with Gasteiger partial charge < -0.3 is 15.8 Å². The molecule has 3 N–H and O–H groups in total. The first-order valence-electron chi connectivity index (χ1n) is 6.79. The van der Waals surface area contributed by atoms with Gasteiger partial charge in [0.05, 0.1) is 18.4 Å². The summed E-state index contributed by atoms with van der Waals surface area (Å²) in [5, 5.41) is 3.21. The molecule has 1 aromatic carbocycles. The average Bonchev–Trinajstić information content (AvgIpc) is 2.71. The minimum absolute atomic E-state index is 0.0885. The van der Waals surface area contributed by atoms with Crippen molar-refractivity contribution in [3.8, 4) is 0 Å². The molecule has 0 spiro atoms. The van der Waals surface area contributed by atoms with Crippen LogP contribution in [-0.4, -0.2) is 19.1 Å². The maximum absolute atomic E-state index is 14.0. The standard InChI is InChI=1S/C15H21FN2O2/c1-15(2)6-4-5-13(15)18-12-7-9(14(19)20-3)11(17)8-10(12)16/h7-8,13,18H,4-6,17H2,1-3H3. The molecule has 1 unspecified atom stereocenters. The quantitative estimate of drug-likeness (QED) is 0.659. The molecule has 0 bridgehead atoms. The third-order valence-corrected chi connectivity index (χ3v) is 4.13. The lowest BCUT2D eigenvalue weighted by molar-refractivity contribution is 0.0602. The molecule has 1 aromatic rings. The summed E-state index contributed by atoms with van der Waals surface area (Å²) in [7, 11) is 1.28. The number of nitrogens with two attached hydrogens (primary N) is 1. The number of rotatable bonds is 3. The second-order valence-corrected chi connectivity index (χ2v) is 5.99. The summed E-state index contributed by atoms with van der Waals surface area (Å²) >= 11 is 0. The highest BCUT2D eigenvalue weighted by molar-refractivity contribution is 5.96. The Kier molecular flexibility index (Phi) is 3.88. The van der Waals surface area contributed by atoms with E-state index >= 15 is 0 Å². The molecule has 0 aliphatic heterocycles.